The molecule has 2 aromatic carbocycles. The van der Waals surface area contributed by atoms with Crippen LogP contribution in [0.5, 0.6) is 5.75 Å². The first kappa shape index (κ1) is 20.7. The monoisotopic (exact) mass is 440 g/mol. The second kappa shape index (κ2) is 8.12. The minimum absolute atomic E-state index is 0.0117. The van der Waals surface area contributed by atoms with Gasteiger partial charge in [-0.05, 0) is 69.5 Å². The van der Waals surface area contributed by atoms with Gasteiger partial charge in [0, 0.05) is 40.1 Å². The smallest absolute Gasteiger partial charge is 0.129 e. The van der Waals surface area contributed by atoms with Crippen molar-refractivity contribution in [2.45, 2.75) is 46.6 Å². The van der Waals surface area contributed by atoms with E-state index in [4.69, 9.17) is 9.73 Å². The molecule has 3 nitrogen and oxygen atoms in total. The summed E-state index contributed by atoms with van der Waals surface area (Å²) in [6.07, 6.45) is 5.37. The summed E-state index contributed by atoms with van der Waals surface area (Å²) in [5.74, 6) is 0.851. The van der Waals surface area contributed by atoms with Gasteiger partial charge in [-0.1, -0.05) is 28.9 Å². The minimum atomic E-state index is -0.0117. The first-order valence-corrected chi connectivity index (χ1v) is 10.6. The fourth-order valence-corrected chi connectivity index (χ4v) is 4.41. The van der Waals surface area contributed by atoms with Crippen LogP contribution in [0.1, 0.15) is 50.8 Å². The Bertz CT molecular complexity index is 944. The predicted molar refractivity (Wildman–Crippen MR) is 124 cm³/mol. The highest BCUT2D eigenvalue weighted by Crippen LogP contribution is 2.42. The molecular weight excluding hydrogens is 412 g/mol. The Morgan fingerprint density at radius 1 is 1.18 bits per heavy atom. The lowest BCUT2D eigenvalue weighted by Gasteiger charge is -2.43. The van der Waals surface area contributed by atoms with Gasteiger partial charge in [0.15, 0.2) is 0 Å². The molecule has 0 amide bonds. The number of methoxy groups -OCH3 is 1. The van der Waals surface area contributed by atoms with Crippen LogP contribution in [-0.2, 0) is 0 Å². The third kappa shape index (κ3) is 4.02. The number of benzene rings is 2. The Morgan fingerprint density at radius 3 is 2.57 bits per heavy atom. The second-order valence-corrected chi connectivity index (χ2v) is 8.85. The molecule has 0 N–H and O–H groups in total. The van der Waals surface area contributed by atoms with Gasteiger partial charge in [0.2, 0.25) is 0 Å². The maximum Gasteiger partial charge on any atom is 0.129 e. The highest BCUT2D eigenvalue weighted by Gasteiger charge is 2.31. The molecule has 0 atom stereocenters. The van der Waals surface area contributed by atoms with Gasteiger partial charge in [0.1, 0.15) is 5.75 Å². The number of aryl methyl sites for hydroxylation is 1. The van der Waals surface area contributed by atoms with Gasteiger partial charge in [-0.15, -0.1) is 0 Å². The van der Waals surface area contributed by atoms with E-state index in [0.717, 1.165) is 40.0 Å². The van der Waals surface area contributed by atoms with Crippen molar-refractivity contribution in [3.05, 3.63) is 57.6 Å². The van der Waals surface area contributed by atoms with E-state index in [1.54, 1.807) is 7.11 Å². The van der Waals surface area contributed by atoms with Gasteiger partial charge < -0.3 is 9.64 Å². The van der Waals surface area contributed by atoms with Crippen LogP contribution in [0.3, 0.4) is 0 Å². The largest absolute Gasteiger partial charge is 0.496 e. The molecule has 148 valence electrons. The summed E-state index contributed by atoms with van der Waals surface area (Å²) in [6.45, 7) is 12.0. The Hall–Kier alpha value is -2.07. The maximum absolute atomic E-state index is 5.73. The van der Waals surface area contributed by atoms with Gasteiger partial charge >= 0.3 is 0 Å². The molecule has 0 bridgehead atoms. The highest BCUT2D eigenvalue weighted by atomic mass is 79.9. The molecule has 28 heavy (non-hydrogen) atoms. The Balaban J connectivity index is 2.07. The molecule has 1 heterocycles. The number of allylic oxidation sites excluding steroid dienone is 1. The van der Waals surface area contributed by atoms with Crippen molar-refractivity contribution in [3.63, 3.8) is 0 Å². The first-order valence-electron chi connectivity index (χ1n) is 9.76. The first-order chi connectivity index (χ1) is 13.3. The van der Waals surface area contributed by atoms with Crippen molar-refractivity contribution in [2.24, 2.45) is 4.99 Å². The molecule has 0 unspecified atom stereocenters. The van der Waals surface area contributed by atoms with E-state index in [1.807, 2.05) is 18.3 Å². The van der Waals surface area contributed by atoms with E-state index in [2.05, 4.69) is 79.7 Å². The maximum atomic E-state index is 5.73. The molecule has 1 aliphatic heterocycles. The number of anilines is 1. The molecule has 0 fully saturated rings. The zero-order valence-electron chi connectivity index (χ0n) is 17.6. The van der Waals surface area contributed by atoms with E-state index in [1.165, 1.54) is 16.8 Å². The SMILES string of the molecule is CCCN1c2cc(OC)c(C=Nc3ccc(Br)cc3C)cc2C(C)=CC1(C)C. The van der Waals surface area contributed by atoms with E-state index < -0.39 is 0 Å². The molecule has 0 aliphatic carbocycles. The number of hydrogen-bond acceptors (Lipinski definition) is 3. The molecule has 0 aromatic heterocycles. The van der Waals surface area contributed by atoms with E-state index in [0.29, 0.717) is 0 Å². The van der Waals surface area contributed by atoms with E-state index >= 15 is 0 Å². The summed E-state index contributed by atoms with van der Waals surface area (Å²) in [7, 11) is 1.73. The summed E-state index contributed by atoms with van der Waals surface area (Å²) >= 11 is 3.51. The zero-order valence-corrected chi connectivity index (χ0v) is 19.2. The number of nitrogens with zero attached hydrogens (tertiary/aromatic N) is 2. The van der Waals surface area contributed by atoms with Gasteiger partial charge in [0.05, 0.1) is 18.3 Å². The molecule has 0 radical (unpaired) electrons. The van der Waals surface area contributed by atoms with Crippen LogP contribution < -0.4 is 9.64 Å². The summed E-state index contributed by atoms with van der Waals surface area (Å²) in [5.41, 5.74) is 6.86. The molecule has 0 saturated heterocycles. The van der Waals surface area contributed by atoms with Gasteiger partial charge in [-0.3, -0.25) is 4.99 Å². The number of fused-ring (bicyclic) bond motifs is 1. The third-order valence-electron chi connectivity index (χ3n) is 5.28. The number of ether oxygens (including phenoxy) is 1. The topological polar surface area (TPSA) is 24.8 Å². The Morgan fingerprint density at radius 2 is 1.93 bits per heavy atom. The lowest BCUT2D eigenvalue weighted by molar-refractivity contribution is 0.413. The van der Waals surface area contributed by atoms with Crippen molar-refractivity contribution in [2.75, 3.05) is 18.6 Å². The predicted octanol–water partition coefficient (Wildman–Crippen LogP) is 6.93. The average Bonchev–Trinajstić information content (AvgIpc) is 2.63. The molecule has 3 rings (SSSR count). The number of rotatable bonds is 5. The highest BCUT2D eigenvalue weighted by molar-refractivity contribution is 9.10. The van der Waals surface area contributed by atoms with Crippen LogP contribution >= 0.6 is 15.9 Å². The molecule has 1 aliphatic rings. The second-order valence-electron chi connectivity index (χ2n) is 7.93. The summed E-state index contributed by atoms with van der Waals surface area (Å²) in [6, 6.07) is 10.5. The third-order valence-corrected chi connectivity index (χ3v) is 5.77. The van der Waals surface area contributed by atoms with Crippen LogP contribution in [0, 0.1) is 6.92 Å². The number of halogens is 1. The van der Waals surface area contributed by atoms with E-state index in [9.17, 15) is 0 Å². The number of aliphatic imine (C=N–C) groups is 1. The minimum Gasteiger partial charge on any atom is -0.496 e. The normalized spacial score (nSPS) is 15.5. The lowest BCUT2D eigenvalue weighted by Crippen LogP contribution is -2.45. The average molecular weight is 441 g/mol. The summed E-state index contributed by atoms with van der Waals surface area (Å²) < 4.78 is 6.80. The quantitative estimate of drug-likeness (QED) is 0.470. The molecule has 2 aromatic rings. The van der Waals surface area contributed by atoms with Gasteiger partial charge in [0.25, 0.3) is 0 Å². The van der Waals surface area contributed by atoms with Crippen LogP contribution in [-0.4, -0.2) is 25.4 Å². The molecule has 4 heteroatoms. The Kier molecular flexibility index (Phi) is 5.99. The van der Waals surface area contributed by atoms with Crippen molar-refractivity contribution in [1.29, 1.82) is 0 Å². The van der Waals surface area contributed by atoms with E-state index in [-0.39, 0.29) is 5.54 Å². The summed E-state index contributed by atoms with van der Waals surface area (Å²) in [5, 5.41) is 0. The lowest BCUT2D eigenvalue weighted by atomic mass is 9.87. The van der Waals surface area contributed by atoms with Gasteiger partial charge in [-0.2, -0.15) is 0 Å². The van der Waals surface area contributed by atoms with Crippen molar-refractivity contribution < 1.29 is 4.74 Å². The van der Waals surface area contributed by atoms with Crippen LogP contribution in [0.2, 0.25) is 0 Å². The van der Waals surface area contributed by atoms with Crippen LogP contribution in [0.15, 0.2) is 45.9 Å². The fourth-order valence-electron chi connectivity index (χ4n) is 3.93. The van der Waals surface area contributed by atoms with Crippen LogP contribution in [0.4, 0.5) is 11.4 Å². The molecular formula is C24H29BrN2O. The zero-order chi connectivity index (χ0) is 20.5. The standard InChI is InChI=1S/C24H29BrN2O/c1-7-10-27-22-13-23(28-6)18(12-20(22)17(3)14-24(27,4)5)15-26-21-9-8-19(25)11-16(21)2/h8-9,11-15H,7,10H2,1-6H3. The Labute approximate surface area is 177 Å². The van der Waals surface area contributed by atoms with Gasteiger partial charge in [-0.25, -0.2) is 0 Å². The van der Waals surface area contributed by atoms with Crippen molar-refractivity contribution >= 4 is 39.1 Å². The molecule has 0 spiro atoms. The van der Waals surface area contributed by atoms with Crippen molar-refractivity contribution in [3.8, 4) is 5.75 Å². The number of hydrogen-bond donors (Lipinski definition) is 0. The van der Waals surface area contributed by atoms with Crippen LogP contribution in [0.25, 0.3) is 5.57 Å². The molecule has 0 saturated carbocycles. The summed E-state index contributed by atoms with van der Waals surface area (Å²) in [4.78, 5) is 7.19. The fraction of sp³-hybridized carbons (Fsp3) is 0.375. The van der Waals surface area contributed by atoms with Crippen molar-refractivity contribution in [1.82, 2.24) is 0 Å².